The van der Waals surface area contributed by atoms with Gasteiger partial charge in [0.05, 0.1) is 0 Å². The largest absolute Gasteiger partial charge is 0.359 e. The Labute approximate surface area is 141 Å². The number of hydrogen-bond acceptors (Lipinski definition) is 1. The smallest absolute Gasteiger partial charge is 0.220 e. The van der Waals surface area contributed by atoms with Crippen LogP contribution in [0.1, 0.15) is 87.2 Å². The number of benzene rings is 1. The average molecular weight is 313 g/mol. The third-order valence-corrected chi connectivity index (χ3v) is 6.02. The minimum absolute atomic E-state index is 0.197. The van der Waals surface area contributed by atoms with Crippen molar-refractivity contribution in [3.63, 3.8) is 0 Å². The Hall–Kier alpha value is -1.31. The van der Waals surface area contributed by atoms with Crippen molar-refractivity contribution in [2.24, 2.45) is 5.92 Å². The van der Waals surface area contributed by atoms with Crippen LogP contribution in [-0.4, -0.2) is 13.0 Å². The Morgan fingerprint density at radius 3 is 2.17 bits per heavy atom. The Kier molecular flexibility index (Phi) is 5.75. The molecule has 2 unspecified atom stereocenters. The number of carbonyl (C=O) groups is 1. The van der Waals surface area contributed by atoms with Gasteiger partial charge in [0.25, 0.3) is 0 Å². The van der Waals surface area contributed by atoms with E-state index in [0.717, 1.165) is 5.92 Å². The first kappa shape index (κ1) is 16.5. The molecular formula is C21H31NO. The van der Waals surface area contributed by atoms with E-state index in [-0.39, 0.29) is 5.91 Å². The lowest BCUT2D eigenvalue weighted by Crippen LogP contribution is -2.24. The van der Waals surface area contributed by atoms with Crippen molar-refractivity contribution in [1.29, 1.82) is 0 Å². The van der Waals surface area contributed by atoms with Crippen LogP contribution < -0.4 is 5.32 Å². The van der Waals surface area contributed by atoms with Crippen LogP contribution in [-0.2, 0) is 4.79 Å². The van der Waals surface area contributed by atoms with Crippen LogP contribution in [0.5, 0.6) is 0 Å². The summed E-state index contributed by atoms with van der Waals surface area (Å²) >= 11 is 0. The second-order valence-electron chi connectivity index (χ2n) is 7.61. The summed E-state index contributed by atoms with van der Waals surface area (Å²) in [6.45, 7) is 0. The third kappa shape index (κ3) is 4.37. The molecule has 2 atom stereocenters. The first-order valence-electron chi connectivity index (χ1n) is 9.56. The average Bonchev–Trinajstić information content (AvgIpc) is 2.63. The summed E-state index contributed by atoms with van der Waals surface area (Å²) in [6.07, 6.45) is 12.6. The van der Waals surface area contributed by atoms with Gasteiger partial charge >= 0.3 is 0 Å². The monoisotopic (exact) mass is 313 g/mol. The van der Waals surface area contributed by atoms with Crippen LogP contribution in [0.15, 0.2) is 24.3 Å². The van der Waals surface area contributed by atoms with Crippen molar-refractivity contribution >= 4 is 5.91 Å². The number of hydrogen-bond donors (Lipinski definition) is 1. The van der Waals surface area contributed by atoms with Crippen molar-refractivity contribution in [3.8, 4) is 0 Å². The van der Waals surface area contributed by atoms with Gasteiger partial charge in [0.15, 0.2) is 0 Å². The highest BCUT2D eigenvalue weighted by Crippen LogP contribution is 2.39. The number of rotatable bonds is 4. The maximum absolute atomic E-state index is 11.6. The third-order valence-electron chi connectivity index (χ3n) is 6.02. The molecule has 2 aliphatic carbocycles. The molecule has 1 amide bonds. The molecule has 2 heteroatoms. The zero-order valence-electron chi connectivity index (χ0n) is 14.5. The molecule has 0 heterocycles. The Bertz CT molecular complexity index is 501. The van der Waals surface area contributed by atoms with Crippen molar-refractivity contribution < 1.29 is 4.79 Å². The normalized spacial score (nSPS) is 26.0. The molecule has 3 rings (SSSR count). The van der Waals surface area contributed by atoms with Gasteiger partial charge in [-0.2, -0.15) is 0 Å². The van der Waals surface area contributed by atoms with E-state index in [1.54, 1.807) is 12.6 Å². The van der Waals surface area contributed by atoms with E-state index < -0.39 is 0 Å². The number of carbonyl (C=O) groups excluding carboxylic acids is 1. The van der Waals surface area contributed by atoms with Crippen LogP contribution >= 0.6 is 0 Å². The molecular weight excluding hydrogens is 282 g/mol. The molecule has 1 aromatic carbocycles. The fraction of sp³-hybridized carbons (Fsp3) is 0.667. The highest BCUT2D eigenvalue weighted by atomic mass is 16.1. The second-order valence-corrected chi connectivity index (χ2v) is 7.61. The lowest BCUT2D eigenvalue weighted by atomic mass is 9.76. The van der Waals surface area contributed by atoms with Crippen LogP contribution in [0.25, 0.3) is 0 Å². The minimum Gasteiger partial charge on any atom is -0.359 e. The SMILES string of the molecule is CNC(=O)CC1CCCC(c2ccc(C3CCCCC3)cc2)C1. The molecule has 23 heavy (non-hydrogen) atoms. The van der Waals surface area contributed by atoms with Gasteiger partial charge in [0, 0.05) is 13.5 Å². The predicted octanol–water partition coefficient (Wildman–Crippen LogP) is 5.14. The Balaban J connectivity index is 1.60. The van der Waals surface area contributed by atoms with E-state index in [2.05, 4.69) is 29.6 Å². The van der Waals surface area contributed by atoms with Crippen molar-refractivity contribution in [1.82, 2.24) is 5.32 Å². The lowest BCUT2D eigenvalue weighted by Gasteiger charge is -2.29. The maximum Gasteiger partial charge on any atom is 0.220 e. The number of nitrogens with one attached hydrogen (secondary N) is 1. The van der Waals surface area contributed by atoms with Crippen molar-refractivity contribution in [3.05, 3.63) is 35.4 Å². The molecule has 0 bridgehead atoms. The summed E-state index contributed by atoms with van der Waals surface area (Å²) in [4.78, 5) is 11.6. The molecule has 1 N–H and O–H groups in total. The second kappa shape index (κ2) is 7.99. The zero-order valence-corrected chi connectivity index (χ0v) is 14.5. The molecule has 2 nitrogen and oxygen atoms in total. The summed E-state index contributed by atoms with van der Waals surface area (Å²) in [7, 11) is 1.74. The summed E-state index contributed by atoms with van der Waals surface area (Å²) in [6, 6.07) is 9.51. The van der Waals surface area contributed by atoms with Gasteiger partial charge in [-0.25, -0.2) is 0 Å². The van der Waals surface area contributed by atoms with Crippen LogP contribution in [0.4, 0.5) is 0 Å². The van der Waals surface area contributed by atoms with E-state index in [0.29, 0.717) is 18.3 Å². The fourth-order valence-electron chi connectivity index (χ4n) is 4.62. The summed E-state index contributed by atoms with van der Waals surface area (Å²) in [5.41, 5.74) is 3.04. The lowest BCUT2D eigenvalue weighted by molar-refractivity contribution is -0.121. The topological polar surface area (TPSA) is 29.1 Å². The van der Waals surface area contributed by atoms with E-state index in [9.17, 15) is 4.79 Å². The Morgan fingerprint density at radius 1 is 0.913 bits per heavy atom. The van der Waals surface area contributed by atoms with Gasteiger partial charge in [0.2, 0.25) is 5.91 Å². The zero-order chi connectivity index (χ0) is 16.1. The van der Waals surface area contributed by atoms with Crippen LogP contribution in [0, 0.1) is 5.92 Å². The quantitative estimate of drug-likeness (QED) is 0.819. The highest BCUT2D eigenvalue weighted by molar-refractivity contribution is 5.75. The summed E-state index contributed by atoms with van der Waals surface area (Å²) in [5.74, 6) is 2.21. The summed E-state index contributed by atoms with van der Waals surface area (Å²) < 4.78 is 0. The molecule has 126 valence electrons. The maximum atomic E-state index is 11.6. The molecule has 2 saturated carbocycles. The van der Waals surface area contributed by atoms with Gasteiger partial charge in [-0.1, -0.05) is 49.9 Å². The summed E-state index contributed by atoms with van der Waals surface area (Å²) in [5, 5.41) is 2.77. The van der Waals surface area contributed by atoms with Crippen molar-refractivity contribution in [2.75, 3.05) is 7.05 Å². The van der Waals surface area contributed by atoms with Gasteiger partial charge in [-0.15, -0.1) is 0 Å². The van der Waals surface area contributed by atoms with Crippen molar-refractivity contribution in [2.45, 2.75) is 76.0 Å². The molecule has 1 aromatic rings. The van der Waals surface area contributed by atoms with Gasteiger partial charge in [0.1, 0.15) is 0 Å². The van der Waals surface area contributed by atoms with Crippen LogP contribution in [0.2, 0.25) is 0 Å². The highest BCUT2D eigenvalue weighted by Gasteiger charge is 2.25. The van der Waals surface area contributed by atoms with E-state index in [4.69, 9.17) is 0 Å². The molecule has 0 spiro atoms. The molecule has 0 aliphatic heterocycles. The van der Waals surface area contributed by atoms with E-state index in [1.165, 1.54) is 63.4 Å². The first-order valence-corrected chi connectivity index (χ1v) is 9.56. The molecule has 0 aromatic heterocycles. The Morgan fingerprint density at radius 2 is 1.52 bits per heavy atom. The van der Waals surface area contributed by atoms with E-state index >= 15 is 0 Å². The van der Waals surface area contributed by atoms with Crippen LogP contribution in [0.3, 0.4) is 0 Å². The fourth-order valence-corrected chi connectivity index (χ4v) is 4.62. The van der Waals surface area contributed by atoms with Gasteiger partial charge < -0.3 is 5.32 Å². The minimum atomic E-state index is 0.197. The van der Waals surface area contributed by atoms with Gasteiger partial charge in [-0.05, 0) is 61.0 Å². The molecule has 2 fully saturated rings. The molecule has 2 aliphatic rings. The standard InChI is InChI=1S/C21H31NO/c1-22-21(23)15-16-6-5-9-20(14-16)19-12-10-18(11-13-19)17-7-3-2-4-8-17/h10-13,16-17,20H,2-9,14-15H2,1H3,(H,22,23). The predicted molar refractivity (Wildman–Crippen MR) is 95.7 cm³/mol. The van der Waals surface area contributed by atoms with E-state index in [1.807, 2.05) is 0 Å². The molecule has 0 radical (unpaired) electrons. The first-order chi connectivity index (χ1) is 11.3. The van der Waals surface area contributed by atoms with Gasteiger partial charge in [-0.3, -0.25) is 4.79 Å². The number of amides is 1. The molecule has 0 saturated heterocycles.